The molecule has 1 atom stereocenters. The number of carboxylic acids is 1. The number of carbonyl (C=O) groups is 4. The number of nitrogens with zero attached hydrogens (tertiary/aromatic N) is 2. The van der Waals surface area contributed by atoms with Crippen LogP contribution < -0.4 is 25.4 Å². The summed E-state index contributed by atoms with van der Waals surface area (Å²) in [5.41, 5.74) is 5.16. The van der Waals surface area contributed by atoms with Crippen molar-refractivity contribution in [1.82, 2.24) is 10.2 Å². The molecule has 1 fully saturated rings. The Balaban J connectivity index is 1.78. The van der Waals surface area contributed by atoms with E-state index in [0.29, 0.717) is 43.2 Å². The van der Waals surface area contributed by atoms with E-state index in [-0.39, 0.29) is 37.5 Å². The first-order valence-electron chi connectivity index (χ1n) is 13.2. The monoisotopic (exact) mass is 564 g/mol. The standard InChI is InChI=1S/C27H40N4O9/c1-26(2,3)39-19(32)8-7-17(23(28)33)29-14-16-13-18(21-22(38-15-37-21)20(16)24(34)35)30-9-11-31(12-10-30)25(36)40-27(4,5)6/h13,17,29H,7-12,14-15H2,1-6H3,(H2,28,33)(H,34,35)/t17-/m0/s1. The summed E-state index contributed by atoms with van der Waals surface area (Å²) in [6, 6.07) is 0.777. The molecule has 4 N–H and O–H groups in total. The molecule has 1 aromatic carbocycles. The molecule has 40 heavy (non-hydrogen) atoms. The highest BCUT2D eigenvalue weighted by Crippen LogP contribution is 2.46. The molecular weight excluding hydrogens is 524 g/mol. The minimum atomic E-state index is -1.22. The molecule has 0 bridgehead atoms. The molecule has 0 spiro atoms. The molecule has 13 nitrogen and oxygen atoms in total. The van der Waals surface area contributed by atoms with Gasteiger partial charge in [-0.25, -0.2) is 9.59 Å². The second kappa shape index (κ2) is 12.2. The minimum absolute atomic E-state index is 0.0366. The van der Waals surface area contributed by atoms with Crippen molar-refractivity contribution in [2.75, 3.05) is 37.9 Å². The number of carbonyl (C=O) groups excluding carboxylic acids is 3. The van der Waals surface area contributed by atoms with E-state index in [1.165, 1.54) is 0 Å². The number of benzene rings is 1. The second-order valence-electron chi connectivity index (χ2n) is 11.7. The van der Waals surface area contributed by atoms with Gasteiger partial charge in [0, 0.05) is 39.1 Å². The minimum Gasteiger partial charge on any atom is -0.478 e. The lowest BCUT2D eigenvalue weighted by Crippen LogP contribution is -2.50. The first-order valence-corrected chi connectivity index (χ1v) is 13.2. The van der Waals surface area contributed by atoms with Gasteiger partial charge >= 0.3 is 18.0 Å². The fraction of sp³-hybridized carbons (Fsp3) is 0.630. The molecular formula is C27H40N4O9. The van der Waals surface area contributed by atoms with Gasteiger partial charge in [-0.2, -0.15) is 0 Å². The van der Waals surface area contributed by atoms with Crippen molar-refractivity contribution in [2.45, 2.75) is 78.2 Å². The highest BCUT2D eigenvalue weighted by atomic mass is 16.7. The molecule has 1 saturated heterocycles. The molecule has 2 aliphatic heterocycles. The van der Waals surface area contributed by atoms with Gasteiger partial charge in [-0.15, -0.1) is 0 Å². The average molecular weight is 565 g/mol. The smallest absolute Gasteiger partial charge is 0.410 e. The summed E-state index contributed by atoms with van der Waals surface area (Å²) >= 11 is 0. The fourth-order valence-electron chi connectivity index (χ4n) is 4.40. The van der Waals surface area contributed by atoms with E-state index in [0.717, 1.165) is 0 Å². The number of anilines is 1. The van der Waals surface area contributed by atoms with Crippen molar-refractivity contribution in [2.24, 2.45) is 5.73 Å². The molecule has 2 heterocycles. The molecule has 0 aliphatic carbocycles. The van der Waals surface area contributed by atoms with Gasteiger partial charge in [0.05, 0.1) is 11.7 Å². The molecule has 13 heteroatoms. The number of hydrogen-bond acceptors (Lipinski definition) is 10. The number of ether oxygens (including phenoxy) is 4. The normalized spacial score (nSPS) is 15.9. The lowest BCUT2D eigenvalue weighted by Gasteiger charge is -2.37. The Morgan fingerprint density at radius 2 is 1.60 bits per heavy atom. The third kappa shape index (κ3) is 8.13. The molecule has 2 aliphatic rings. The van der Waals surface area contributed by atoms with E-state index < -0.39 is 41.2 Å². The van der Waals surface area contributed by atoms with E-state index >= 15 is 0 Å². The molecule has 3 rings (SSSR count). The van der Waals surface area contributed by atoms with Gasteiger partial charge in [0.1, 0.15) is 16.8 Å². The number of aromatic carboxylic acids is 1. The van der Waals surface area contributed by atoms with Gasteiger partial charge in [-0.05, 0) is 59.6 Å². The fourth-order valence-corrected chi connectivity index (χ4v) is 4.40. The van der Waals surface area contributed by atoms with Gasteiger partial charge in [0.25, 0.3) is 0 Å². The summed E-state index contributed by atoms with van der Waals surface area (Å²) in [6.07, 6.45) is -0.360. The lowest BCUT2D eigenvalue weighted by molar-refractivity contribution is -0.155. The van der Waals surface area contributed by atoms with Crippen LogP contribution in [0.4, 0.5) is 10.5 Å². The van der Waals surface area contributed by atoms with Crippen LogP contribution in [-0.2, 0) is 25.6 Å². The van der Waals surface area contributed by atoms with Gasteiger partial charge in [-0.3, -0.25) is 9.59 Å². The van der Waals surface area contributed by atoms with Crippen LogP contribution in [0.3, 0.4) is 0 Å². The van der Waals surface area contributed by atoms with Crippen molar-refractivity contribution in [3.05, 3.63) is 17.2 Å². The van der Waals surface area contributed by atoms with E-state index in [4.69, 9.17) is 24.7 Å². The van der Waals surface area contributed by atoms with Crippen LogP contribution in [0.25, 0.3) is 0 Å². The van der Waals surface area contributed by atoms with Gasteiger partial charge < -0.3 is 44.9 Å². The Kier molecular flexibility index (Phi) is 9.39. The van der Waals surface area contributed by atoms with Crippen LogP contribution in [0, 0.1) is 0 Å². The largest absolute Gasteiger partial charge is 0.478 e. The second-order valence-corrected chi connectivity index (χ2v) is 11.7. The Morgan fingerprint density at radius 3 is 2.15 bits per heavy atom. The zero-order valence-corrected chi connectivity index (χ0v) is 24.0. The van der Waals surface area contributed by atoms with E-state index in [1.807, 2.05) is 25.7 Å². The van der Waals surface area contributed by atoms with Crippen molar-refractivity contribution >= 4 is 29.6 Å². The molecule has 0 saturated carbocycles. The predicted molar refractivity (Wildman–Crippen MR) is 144 cm³/mol. The molecule has 222 valence electrons. The van der Waals surface area contributed by atoms with E-state index in [9.17, 15) is 24.3 Å². The predicted octanol–water partition coefficient (Wildman–Crippen LogP) is 2.24. The number of piperazine rings is 1. The Bertz CT molecular complexity index is 1130. The third-order valence-corrected chi connectivity index (χ3v) is 6.13. The average Bonchev–Trinajstić information content (AvgIpc) is 3.30. The molecule has 0 radical (unpaired) electrons. The number of nitrogens with two attached hydrogens (primary N) is 1. The quantitative estimate of drug-likeness (QED) is 0.376. The van der Waals surface area contributed by atoms with Crippen LogP contribution >= 0.6 is 0 Å². The van der Waals surface area contributed by atoms with Crippen molar-refractivity contribution in [3.63, 3.8) is 0 Å². The van der Waals surface area contributed by atoms with Gasteiger partial charge in [0.15, 0.2) is 11.5 Å². The Hall–Kier alpha value is -3.74. The number of carboxylic acid groups (broad SMARTS) is 1. The number of hydrogen-bond donors (Lipinski definition) is 3. The van der Waals surface area contributed by atoms with Crippen LogP contribution in [0.1, 0.15) is 70.3 Å². The van der Waals surface area contributed by atoms with Crippen LogP contribution in [0.15, 0.2) is 6.07 Å². The summed E-state index contributed by atoms with van der Waals surface area (Å²) in [7, 11) is 0. The summed E-state index contributed by atoms with van der Waals surface area (Å²) in [5.74, 6) is -1.96. The number of fused-ring (bicyclic) bond motifs is 1. The molecule has 0 aromatic heterocycles. The Morgan fingerprint density at radius 1 is 1.00 bits per heavy atom. The number of primary amides is 1. The highest BCUT2D eigenvalue weighted by Gasteiger charge is 2.33. The maximum atomic E-state index is 12.5. The lowest BCUT2D eigenvalue weighted by atomic mass is 10.0. The highest BCUT2D eigenvalue weighted by molar-refractivity contribution is 5.96. The van der Waals surface area contributed by atoms with Crippen LogP contribution in [0.5, 0.6) is 11.5 Å². The summed E-state index contributed by atoms with van der Waals surface area (Å²) in [6.45, 7) is 12.2. The first-order chi connectivity index (χ1) is 18.6. The van der Waals surface area contributed by atoms with Crippen LogP contribution in [0.2, 0.25) is 0 Å². The first kappa shape index (κ1) is 30.8. The number of amides is 2. The zero-order valence-electron chi connectivity index (χ0n) is 24.0. The van der Waals surface area contributed by atoms with Crippen molar-refractivity contribution in [3.8, 4) is 11.5 Å². The summed E-state index contributed by atoms with van der Waals surface area (Å²) < 4.78 is 22.0. The molecule has 1 aromatic rings. The van der Waals surface area contributed by atoms with Crippen molar-refractivity contribution < 1.29 is 43.2 Å². The Labute approximate surface area is 233 Å². The SMILES string of the molecule is CC(C)(C)OC(=O)CC[C@H](NCc1cc(N2CCN(C(=O)OC(C)(C)C)CC2)c2c(c1C(=O)O)OCO2)C(N)=O. The topological polar surface area (TPSA) is 170 Å². The summed E-state index contributed by atoms with van der Waals surface area (Å²) in [4.78, 5) is 52.6. The molecule has 0 unspecified atom stereocenters. The number of rotatable bonds is 9. The van der Waals surface area contributed by atoms with Gasteiger partial charge in [0.2, 0.25) is 12.7 Å². The van der Waals surface area contributed by atoms with E-state index in [1.54, 1.807) is 31.7 Å². The van der Waals surface area contributed by atoms with Gasteiger partial charge in [-0.1, -0.05) is 0 Å². The van der Waals surface area contributed by atoms with Crippen LogP contribution in [-0.4, -0.2) is 84.2 Å². The molecule has 2 amide bonds. The number of esters is 1. The summed E-state index contributed by atoms with van der Waals surface area (Å²) in [5, 5.41) is 13.0. The maximum Gasteiger partial charge on any atom is 0.410 e. The maximum absolute atomic E-state index is 12.5. The number of nitrogens with one attached hydrogen (secondary N) is 1. The van der Waals surface area contributed by atoms with E-state index in [2.05, 4.69) is 5.32 Å². The van der Waals surface area contributed by atoms with Crippen molar-refractivity contribution in [1.29, 1.82) is 0 Å². The third-order valence-electron chi connectivity index (χ3n) is 6.13. The zero-order chi connectivity index (χ0) is 29.8.